The third kappa shape index (κ3) is 2.52. The van der Waals surface area contributed by atoms with E-state index in [-0.39, 0.29) is 5.78 Å². The van der Waals surface area contributed by atoms with Crippen LogP contribution in [-0.2, 0) is 7.05 Å². The predicted molar refractivity (Wildman–Crippen MR) is 80.7 cm³/mol. The molecule has 0 radical (unpaired) electrons. The number of aryl methyl sites for hydroxylation is 1. The van der Waals surface area contributed by atoms with Gasteiger partial charge in [-0.25, -0.2) is 0 Å². The number of carbonyl (C=O) groups excluding carboxylic acids is 1. The van der Waals surface area contributed by atoms with Gasteiger partial charge in [-0.15, -0.1) is 10.2 Å². The molecule has 2 aliphatic rings. The van der Waals surface area contributed by atoms with Crippen molar-refractivity contribution < 1.29 is 4.79 Å². The molecule has 6 heteroatoms. The normalized spacial score (nSPS) is 18.1. The number of hydrogen-bond donors (Lipinski definition) is 0. The number of Topliss-reactive ketones (excluding diaryl/α,β-unsaturated/α-hetero) is 1. The maximum absolute atomic E-state index is 12.3. The van der Waals surface area contributed by atoms with Crippen LogP contribution in [-0.4, -0.2) is 30.9 Å². The van der Waals surface area contributed by atoms with Gasteiger partial charge in [-0.3, -0.25) is 4.79 Å². The van der Waals surface area contributed by atoms with Gasteiger partial charge >= 0.3 is 0 Å². The SMILES string of the molecule is Cn1cccc1C(=O)CSc1nnc(C2CC2)n1C1CC1. The van der Waals surface area contributed by atoms with Crippen LogP contribution in [0, 0.1) is 0 Å². The van der Waals surface area contributed by atoms with Crippen LogP contribution in [0.15, 0.2) is 23.5 Å². The summed E-state index contributed by atoms with van der Waals surface area (Å²) in [5, 5.41) is 9.62. The molecule has 2 heterocycles. The Morgan fingerprint density at radius 3 is 2.76 bits per heavy atom. The highest BCUT2D eigenvalue weighted by molar-refractivity contribution is 7.99. The molecular weight excluding hydrogens is 284 g/mol. The Hall–Kier alpha value is -1.56. The van der Waals surface area contributed by atoms with Gasteiger partial charge in [0.25, 0.3) is 0 Å². The number of hydrogen-bond acceptors (Lipinski definition) is 4. The van der Waals surface area contributed by atoms with Crippen molar-refractivity contribution >= 4 is 17.5 Å². The van der Waals surface area contributed by atoms with Crippen molar-refractivity contribution in [3.63, 3.8) is 0 Å². The Morgan fingerprint density at radius 1 is 1.33 bits per heavy atom. The van der Waals surface area contributed by atoms with Crippen molar-refractivity contribution in [2.75, 3.05) is 5.75 Å². The highest BCUT2D eigenvalue weighted by Crippen LogP contribution is 2.45. The Balaban J connectivity index is 1.50. The van der Waals surface area contributed by atoms with Crippen LogP contribution in [0.1, 0.15) is 54.0 Å². The minimum Gasteiger partial charge on any atom is -0.348 e. The number of thioether (sulfide) groups is 1. The van der Waals surface area contributed by atoms with E-state index in [1.54, 1.807) is 0 Å². The second-order valence-electron chi connectivity index (χ2n) is 5.93. The largest absolute Gasteiger partial charge is 0.348 e. The molecule has 110 valence electrons. The summed E-state index contributed by atoms with van der Waals surface area (Å²) in [6, 6.07) is 4.34. The molecule has 0 unspecified atom stereocenters. The molecule has 0 aromatic carbocycles. The van der Waals surface area contributed by atoms with Gasteiger partial charge in [-0.2, -0.15) is 0 Å². The monoisotopic (exact) mass is 302 g/mol. The van der Waals surface area contributed by atoms with Crippen molar-refractivity contribution in [3.05, 3.63) is 29.8 Å². The summed E-state index contributed by atoms with van der Waals surface area (Å²) >= 11 is 1.52. The minimum atomic E-state index is 0.144. The number of carbonyl (C=O) groups is 1. The van der Waals surface area contributed by atoms with Gasteiger partial charge in [0, 0.05) is 25.2 Å². The molecule has 2 saturated carbocycles. The lowest BCUT2D eigenvalue weighted by molar-refractivity contribution is 0.101. The number of aromatic nitrogens is 4. The average Bonchev–Trinajstić information content (AvgIpc) is 3.40. The first kappa shape index (κ1) is 13.1. The molecule has 2 aromatic rings. The molecule has 5 nitrogen and oxygen atoms in total. The zero-order valence-electron chi connectivity index (χ0n) is 12.0. The molecule has 0 atom stereocenters. The van der Waals surface area contributed by atoms with E-state index >= 15 is 0 Å². The molecule has 0 bridgehead atoms. The summed E-state index contributed by atoms with van der Waals surface area (Å²) < 4.78 is 4.16. The lowest BCUT2D eigenvalue weighted by atomic mass is 10.3. The Morgan fingerprint density at radius 2 is 2.14 bits per heavy atom. The van der Waals surface area contributed by atoms with Crippen molar-refractivity contribution in [1.29, 1.82) is 0 Å². The molecule has 4 rings (SSSR count). The van der Waals surface area contributed by atoms with E-state index in [1.165, 1.54) is 37.4 Å². The van der Waals surface area contributed by atoms with Gasteiger partial charge in [0.2, 0.25) is 0 Å². The fraction of sp³-hybridized carbons (Fsp3) is 0.533. The molecule has 0 spiro atoms. The second kappa shape index (κ2) is 5.02. The first-order valence-corrected chi connectivity index (χ1v) is 8.44. The maximum atomic E-state index is 12.3. The lowest BCUT2D eigenvalue weighted by Gasteiger charge is -2.08. The van der Waals surface area contributed by atoms with Crippen LogP contribution in [0.5, 0.6) is 0 Å². The number of nitrogens with zero attached hydrogens (tertiary/aromatic N) is 4. The highest BCUT2D eigenvalue weighted by Gasteiger charge is 2.36. The van der Waals surface area contributed by atoms with Gasteiger partial charge in [0.1, 0.15) is 5.82 Å². The fourth-order valence-electron chi connectivity index (χ4n) is 2.64. The quantitative estimate of drug-likeness (QED) is 0.608. The van der Waals surface area contributed by atoms with Crippen molar-refractivity contribution in [3.8, 4) is 0 Å². The molecule has 0 amide bonds. The molecule has 0 N–H and O–H groups in total. The Labute approximate surface area is 127 Å². The van der Waals surface area contributed by atoms with Crippen LogP contribution >= 0.6 is 11.8 Å². The van der Waals surface area contributed by atoms with Crippen molar-refractivity contribution in [2.45, 2.75) is 42.8 Å². The molecular formula is C15H18N4OS. The molecule has 2 aromatic heterocycles. The second-order valence-corrected chi connectivity index (χ2v) is 6.87. The van der Waals surface area contributed by atoms with E-state index in [9.17, 15) is 4.79 Å². The van der Waals surface area contributed by atoms with E-state index in [4.69, 9.17) is 0 Å². The third-order valence-corrected chi connectivity index (χ3v) is 5.05. The topological polar surface area (TPSA) is 52.7 Å². The fourth-order valence-corrected chi connectivity index (χ4v) is 3.53. The summed E-state index contributed by atoms with van der Waals surface area (Å²) in [6.07, 6.45) is 6.81. The first-order valence-electron chi connectivity index (χ1n) is 7.46. The summed E-state index contributed by atoms with van der Waals surface area (Å²) in [5.41, 5.74) is 0.752. The molecule has 0 saturated heterocycles. The zero-order chi connectivity index (χ0) is 14.4. The van der Waals surface area contributed by atoms with Crippen LogP contribution in [0.4, 0.5) is 0 Å². The van der Waals surface area contributed by atoms with E-state index in [0.717, 1.165) is 16.7 Å². The van der Waals surface area contributed by atoms with Gasteiger partial charge in [0.05, 0.1) is 11.4 Å². The van der Waals surface area contributed by atoms with E-state index in [0.29, 0.717) is 17.7 Å². The molecule has 2 fully saturated rings. The highest BCUT2D eigenvalue weighted by atomic mass is 32.2. The molecule has 21 heavy (non-hydrogen) atoms. The van der Waals surface area contributed by atoms with E-state index < -0.39 is 0 Å². The summed E-state index contributed by atoms with van der Waals surface area (Å²) in [7, 11) is 1.90. The third-order valence-electron chi connectivity index (χ3n) is 4.11. The van der Waals surface area contributed by atoms with Crippen molar-refractivity contribution in [1.82, 2.24) is 19.3 Å². The summed E-state index contributed by atoms with van der Waals surface area (Å²) in [6.45, 7) is 0. The lowest BCUT2D eigenvalue weighted by Crippen LogP contribution is -2.09. The van der Waals surface area contributed by atoms with Gasteiger partial charge in [0.15, 0.2) is 10.9 Å². The van der Waals surface area contributed by atoms with Crippen LogP contribution in [0.3, 0.4) is 0 Å². The minimum absolute atomic E-state index is 0.144. The summed E-state index contributed by atoms with van der Waals surface area (Å²) in [4.78, 5) is 12.3. The summed E-state index contributed by atoms with van der Waals surface area (Å²) in [5.74, 6) is 2.32. The maximum Gasteiger partial charge on any atom is 0.191 e. The number of ketones is 1. The van der Waals surface area contributed by atoms with Gasteiger partial charge < -0.3 is 9.13 Å². The Bertz CT molecular complexity index is 682. The molecule has 0 aliphatic heterocycles. The zero-order valence-corrected chi connectivity index (χ0v) is 12.8. The van der Waals surface area contributed by atoms with Crippen LogP contribution in [0.2, 0.25) is 0 Å². The van der Waals surface area contributed by atoms with Gasteiger partial charge in [-0.1, -0.05) is 11.8 Å². The van der Waals surface area contributed by atoms with E-state index in [1.807, 2.05) is 29.9 Å². The van der Waals surface area contributed by atoms with Gasteiger partial charge in [-0.05, 0) is 37.8 Å². The van der Waals surface area contributed by atoms with E-state index in [2.05, 4.69) is 14.8 Å². The van der Waals surface area contributed by atoms with Crippen LogP contribution < -0.4 is 0 Å². The van der Waals surface area contributed by atoms with Crippen LogP contribution in [0.25, 0.3) is 0 Å². The Kier molecular flexibility index (Phi) is 3.14. The predicted octanol–water partition coefficient (Wildman–Crippen LogP) is 2.80. The number of rotatable bonds is 6. The first-order chi connectivity index (χ1) is 10.2. The average molecular weight is 302 g/mol. The smallest absolute Gasteiger partial charge is 0.191 e. The van der Waals surface area contributed by atoms with Crippen molar-refractivity contribution in [2.24, 2.45) is 7.05 Å². The standard InChI is InChI=1S/C15H18N4OS/c1-18-8-2-3-12(18)13(20)9-21-15-17-16-14(10-4-5-10)19(15)11-6-7-11/h2-3,8,10-11H,4-7,9H2,1H3. The molecule has 2 aliphatic carbocycles.